The zero-order valence-corrected chi connectivity index (χ0v) is 11.0. The van der Waals surface area contributed by atoms with Gasteiger partial charge in [0.2, 0.25) is 0 Å². The van der Waals surface area contributed by atoms with Crippen LogP contribution in [-0.2, 0) is 6.42 Å². The number of halogens is 1. The molecule has 0 aromatic heterocycles. The molecule has 17 heavy (non-hydrogen) atoms. The maximum atomic E-state index is 14.0. The van der Waals surface area contributed by atoms with Gasteiger partial charge in [0.25, 0.3) is 0 Å². The molecule has 1 aromatic rings. The van der Waals surface area contributed by atoms with Crippen molar-refractivity contribution in [2.24, 2.45) is 5.73 Å². The zero-order valence-electron chi connectivity index (χ0n) is 11.0. The van der Waals surface area contributed by atoms with Crippen LogP contribution in [0.2, 0.25) is 0 Å². The van der Waals surface area contributed by atoms with Crippen molar-refractivity contribution in [1.29, 1.82) is 0 Å². The predicted octanol–water partition coefficient (Wildman–Crippen LogP) is 2.95. The first-order chi connectivity index (χ1) is 8.15. The third-order valence-electron chi connectivity index (χ3n) is 3.23. The van der Waals surface area contributed by atoms with Gasteiger partial charge in [0.15, 0.2) is 0 Å². The Labute approximate surface area is 104 Å². The Bertz CT molecular complexity index is 352. The Morgan fingerprint density at radius 3 is 2.59 bits per heavy atom. The number of nitrogens with two attached hydrogens (primary N) is 1. The second-order valence-electron chi connectivity index (χ2n) is 4.33. The fourth-order valence-electron chi connectivity index (χ4n) is 2.15. The highest BCUT2D eigenvalue weighted by Crippen LogP contribution is 2.27. The topological polar surface area (TPSA) is 29.3 Å². The molecule has 3 heteroatoms. The van der Waals surface area contributed by atoms with Gasteiger partial charge in [0.05, 0.1) is 5.69 Å². The highest BCUT2D eigenvalue weighted by molar-refractivity contribution is 5.55. The van der Waals surface area contributed by atoms with Gasteiger partial charge in [-0.05, 0) is 44.9 Å². The van der Waals surface area contributed by atoms with Crippen LogP contribution >= 0.6 is 0 Å². The van der Waals surface area contributed by atoms with Gasteiger partial charge in [-0.1, -0.05) is 19.1 Å². The van der Waals surface area contributed by atoms with E-state index in [2.05, 4.69) is 25.7 Å². The lowest BCUT2D eigenvalue weighted by molar-refractivity contribution is 0.580. The van der Waals surface area contributed by atoms with Crippen LogP contribution < -0.4 is 10.6 Å². The number of benzene rings is 1. The highest BCUT2D eigenvalue weighted by Gasteiger charge is 2.18. The van der Waals surface area contributed by atoms with Crippen LogP contribution in [0.15, 0.2) is 18.2 Å². The molecule has 96 valence electrons. The van der Waals surface area contributed by atoms with Gasteiger partial charge in [-0.2, -0.15) is 0 Å². The van der Waals surface area contributed by atoms with Crippen molar-refractivity contribution in [2.45, 2.75) is 39.7 Å². The van der Waals surface area contributed by atoms with Crippen LogP contribution in [0.4, 0.5) is 10.1 Å². The van der Waals surface area contributed by atoms with Crippen molar-refractivity contribution in [1.82, 2.24) is 0 Å². The minimum Gasteiger partial charge on any atom is -0.367 e. The number of rotatable bonds is 6. The van der Waals surface area contributed by atoms with E-state index in [1.165, 1.54) is 6.07 Å². The number of hydrogen-bond acceptors (Lipinski definition) is 2. The first-order valence-electron chi connectivity index (χ1n) is 6.39. The molecule has 0 bridgehead atoms. The molecule has 2 N–H and O–H groups in total. The van der Waals surface area contributed by atoms with Gasteiger partial charge in [-0.3, -0.25) is 0 Å². The van der Waals surface area contributed by atoms with E-state index in [1.54, 1.807) is 6.07 Å². The summed E-state index contributed by atoms with van der Waals surface area (Å²) in [5, 5.41) is 0. The van der Waals surface area contributed by atoms with Crippen LogP contribution in [0.5, 0.6) is 0 Å². The van der Waals surface area contributed by atoms with Crippen molar-refractivity contribution >= 4 is 5.69 Å². The van der Waals surface area contributed by atoms with Gasteiger partial charge >= 0.3 is 0 Å². The van der Waals surface area contributed by atoms with Crippen molar-refractivity contribution in [3.63, 3.8) is 0 Å². The molecule has 0 radical (unpaired) electrons. The average molecular weight is 238 g/mol. The Morgan fingerprint density at radius 1 is 1.35 bits per heavy atom. The van der Waals surface area contributed by atoms with E-state index < -0.39 is 0 Å². The largest absolute Gasteiger partial charge is 0.367 e. The molecule has 1 aromatic carbocycles. The lowest BCUT2D eigenvalue weighted by Crippen LogP contribution is -2.34. The third-order valence-corrected chi connectivity index (χ3v) is 3.23. The second kappa shape index (κ2) is 6.60. The number of nitrogens with zero attached hydrogens (tertiary/aromatic N) is 1. The summed E-state index contributed by atoms with van der Waals surface area (Å²) >= 11 is 0. The molecule has 0 aliphatic carbocycles. The van der Waals surface area contributed by atoms with E-state index >= 15 is 0 Å². The third kappa shape index (κ3) is 3.19. The molecule has 0 aliphatic heterocycles. The lowest BCUT2D eigenvalue weighted by atomic mass is 10.1. The average Bonchev–Trinajstić information content (AvgIpc) is 2.33. The van der Waals surface area contributed by atoms with Crippen molar-refractivity contribution in [3.8, 4) is 0 Å². The van der Waals surface area contributed by atoms with E-state index in [0.29, 0.717) is 12.6 Å². The molecule has 1 atom stereocenters. The smallest absolute Gasteiger partial charge is 0.146 e. The number of anilines is 1. The van der Waals surface area contributed by atoms with E-state index in [0.717, 1.165) is 30.6 Å². The second-order valence-corrected chi connectivity index (χ2v) is 4.33. The van der Waals surface area contributed by atoms with E-state index in [1.807, 2.05) is 6.07 Å². The molecule has 0 amide bonds. The van der Waals surface area contributed by atoms with Crippen molar-refractivity contribution < 1.29 is 4.39 Å². The Morgan fingerprint density at radius 2 is 2.06 bits per heavy atom. The summed E-state index contributed by atoms with van der Waals surface area (Å²) in [6.45, 7) is 7.67. The van der Waals surface area contributed by atoms with E-state index in [4.69, 9.17) is 5.73 Å². The predicted molar refractivity (Wildman–Crippen MR) is 71.9 cm³/mol. The van der Waals surface area contributed by atoms with Crippen LogP contribution in [-0.4, -0.2) is 19.1 Å². The Balaban J connectivity index is 3.15. The molecule has 0 fully saturated rings. The first-order valence-corrected chi connectivity index (χ1v) is 6.39. The SMILES string of the molecule is CCC(C)N(CC)c1c(F)cccc1CCN. The summed E-state index contributed by atoms with van der Waals surface area (Å²) in [4.78, 5) is 2.13. The van der Waals surface area contributed by atoms with Gasteiger partial charge in [-0.25, -0.2) is 4.39 Å². The maximum absolute atomic E-state index is 14.0. The molecule has 0 heterocycles. The fourth-order valence-corrected chi connectivity index (χ4v) is 2.15. The molecule has 2 nitrogen and oxygen atoms in total. The molecule has 1 rings (SSSR count). The van der Waals surface area contributed by atoms with Gasteiger partial charge < -0.3 is 10.6 Å². The van der Waals surface area contributed by atoms with Crippen molar-refractivity contribution in [3.05, 3.63) is 29.6 Å². The summed E-state index contributed by atoms with van der Waals surface area (Å²) in [5.41, 5.74) is 7.33. The Kier molecular flexibility index (Phi) is 5.42. The molecular formula is C14H23FN2. The molecule has 0 spiro atoms. The van der Waals surface area contributed by atoms with E-state index in [-0.39, 0.29) is 5.82 Å². The first kappa shape index (κ1) is 14.0. The zero-order chi connectivity index (χ0) is 12.8. The van der Waals surface area contributed by atoms with Crippen molar-refractivity contribution in [2.75, 3.05) is 18.0 Å². The summed E-state index contributed by atoms with van der Waals surface area (Å²) in [6, 6.07) is 5.60. The minimum absolute atomic E-state index is 0.141. The molecule has 0 aliphatic rings. The summed E-state index contributed by atoms with van der Waals surface area (Å²) in [6.07, 6.45) is 1.73. The van der Waals surface area contributed by atoms with Crippen LogP contribution in [0.25, 0.3) is 0 Å². The van der Waals surface area contributed by atoms with Crippen LogP contribution in [0.1, 0.15) is 32.8 Å². The Hall–Kier alpha value is -1.09. The van der Waals surface area contributed by atoms with Crippen LogP contribution in [0, 0.1) is 5.82 Å². The summed E-state index contributed by atoms with van der Waals surface area (Å²) < 4.78 is 14.0. The molecule has 1 unspecified atom stereocenters. The monoisotopic (exact) mass is 238 g/mol. The molecule has 0 saturated carbocycles. The van der Waals surface area contributed by atoms with Crippen LogP contribution in [0.3, 0.4) is 0 Å². The lowest BCUT2D eigenvalue weighted by Gasteiger charge is -2.31. The summed E-state index contributed by atoms with van der Waals surface area (Å²) in [7, 11) is 0. The fraction of sp³-hybridized carbons (Fsp3) is 0.571. The van der Waals surface area contributed by atoms with Gasteiger partial charge in [0, 0.05) is 12.6 Å². The number of para-hydroxylation sites is 1. The standard InChI is InChI=1S/C14H23FN2/c1-4-11(3)17(5-2)14-12(9-10-16)7-6-8-13(14)15/h6-8,11H,4-5,9-10,16H2,1-3H3. The molecular weight excluding hydrogens is 215 g/mol. The minimum atomic E-state index is -0.141. The maximum Gasteiger partial charge on any atom is 0.146 e. The summed E-state index contributed by atoms with van der Waals surface area (Å²) in [5.74, 6) is -0.141. The molecule has 0 saturated heterocycles. The van der Waals surface area contributed by atoms with E-state index in [9.17, 15) is 4.39 Å². The quantitative estimate of drug-likeness (QED) is 0.825. The number of hydrogen-bond donors (Lipinski definition) is 1. The van der Waals surface area contributed by atoms with Gasteiger partial charge in [0.1, 0.15) is 5.82 Å². The normalized spacial score (nSPS) is 12.5. The van der Waals surface area contributed by atoms with Gasteiger partial charge in [-0.15, -0.1) is 0 Å². The highest BCUT2D eigenvalue weighted by atomic mass is 19.1.